The summed E-state index contributed by atoms with van der Waals surface area (Å²) in [5.41, 5.74) is -0.131. The minimum atomic E-state index is -3.93. The standard InChI is InChI=1S/C41H49N5O9S2/c1-24(2)18-28(47)11-14-32(43-39(51)55-40(4,5)6)37(49)46-23-29(54-36-31-19-27(34-8-7-17-56-34)10-9-26(31)15-16-42-36)20-33(46)35(48)44-41(21-25(3)22-41)38(50)45-57(52,53)30-12-13-30/h7-10,15-19,29-30,32-33H,3,11-14,20-23H2,1-2,4-6H3,(H,43,51)(H,44,48)(H,45,50)/t29-,32+,33+/m1/s1. The van der Waals surface area contributed by atoms with Gasteiger partial charge in [0, 0.05) is 42.1 Å². The summed E-state index contributed by atoms with van der Waals surface area (Å²) in [6, 6.07) is 9.25. The molecule has 0 bridgehead atoms. The number of nitrogens with one attached hydrogen (secondary N) is 3. The van der Waals surface area contributed by atoms with Gasteiger partial charge in [-0.3, -0.25) is 23.9 Å². The summed E-state index contributed by atoms with van der Waals surface area (Å²) in [7, 11) is -3.93. The largest absolute Gasteiger partial charge is 0.472 e. The van der Waals surface area contributed by atoms with Gasteiger partial charge in [-0.2, -0.15) is 0 Å². The van der Waals surface area contributed by atoms with Gasteiger partial charge in [0.25, 0.3) is 5.91 Å². The fraction of sp³-hybridized carbons (Fsp3) is 0.463. The molecular weight excluding hydrogens is 771 g/mol. The number of nitrogens with zero attached hydrogens (tertiary/aromatic N) is 2. The summed E-state index contributed by atoms with van der Waals surface area (Å²) < 4.78 is 39.6. The lowest BCUT2D eigenvalue weighted by Crippen LogP contribution is -2.66. The van der Waals surface area contributed by atoms with E-state index in [1.165, 1.54) is 11.0 Å². The van der Waals surface area contributed by atoms with Gasteiger partial charge in [-0.15, -0.1) is 11.3 Å². The van der Waals surface area contributed by atoms with E-state index in [1.807, 2.05) is 41.8 Å². The number of ketones is 1. The number of carbonyl (C=O) groups is 5. The number of fused-ring (bicyclic) bond motifs is 1. The quantitative estimate of drug-likeness (QED) is 0.142. The molecule has 0 unspecified atom stereocenters. The van der Waals surface area contributed by atoms with Crippen LogP contribution in [0.25, 0.3) is 21.2 Å². The Bertz CT molecular complexity index is 2210. The summed E-state index contributed by atoms with van der Waals surface area (Å²) in [5, 5.41) is 8.29. The zero-order chi connectivity index (χ0) is 41.3. The van der Waals surface area contributed by atoms with Crippen LogP contribution in [0.3, 0.4) is 0 Å². The molecule has 1 aliphatic heterocycles. The van der Waals surface area contributed by atoms with Crippen LogP contribution in [0.15, 0.2) is 71.8 Å². The van der Waals surface area contributed by atoms with Crippen molar-refractivity contribution in [1.29, 1.82) is 0 Å². The first-order valence-corrected chi connectivity index (χ1v) is 21.4. The van der Waals surface area contributed by atoms with E-state index in [4.69, 9.17) is 9.47 Å². The van der Waals surface area contributed by atoms with Crippen LogP contribution in [0, 0.1) is 0 Å². The highest BCUT2D eigenvalue weighted by molar-refractivity contribution is 7.91. The van der Waals surface area contributed by atoms with Crippen molar-refractivity contribution in [2.75, 3.05) is 6.54 Å². The van der Waals surface area contributed by atoms with E-state index in [0.717, 1.165) is 26.8 Å². The van der Waals surface area contributed by atoms with Gasteiger partial charge in [0.15, 0.2) is 5.78 Å². The molecule has 2 aromatic heterocycles. The Morgan fingerprint density at radius 1 is 1.11 bits per heavy atom. The Balaban J connectivity index is 1.31. The van der Waals surface area contributed by atoms with E-state index in [9.17, 15) is 32.4 Å². The number of amides is 4. The summed E-state index contributed by atoms with van der Waals surface area (Å²) in [5.74, 6) is -2.22. The van der Waals surface area contributed by atoms with Gasteiger partial charge in [-0.05, 0) is 94.5 Å². The number of hydrogen-bond acceptors (Lipinski definition) is 11. The molecule has 304 valence electrons. The Morgan fingerprint density at radius 3 is 2.47 bits per heavy atom. The molecule has 3 fully saturated rings. The van der Waals surface area contributed by atoms with Crippen LogP contribution in [0.1, 0.15) is 79.6 Å². The number of sulfonamides is 1. The molecule has 1 aromatic carbocycles. The van der Waals surface area contributed by atoms with Crippen molar-refractivity contribution in [1.82, 2.24) is 25.2 Å². The van der Waals surface area contributed by atoms with Crippen LogP contribution in [-0.4, -0.2) is 89.0 Å². The molecule has 2 aliphatic carbocycles. The van der Waals surface area contributed by atoms with Crippen LogP contribution < -0.4 is 20.1 Å². The smallest absolute Gasteiger partial charge is 0.408 e. The second kappa shape index (κ2) is 16.4. The van der Waals surface area contributed by atoms with Gasteiger partial charge in [-0.25, -0.2) is 18.2 Å². The molecule has 14 nitrogen and oxygen atoms in total. The number of rotatable bonds is 14. The fourth-order valence-electron chi connectivity index (χ4n) is 7.07. The number of thiophene rings is 1. The van der Waals surface area contributed by atoms with E-state index in [2.05, 4.69) is 26.9 Å². The Kier molecular flexibility index (Phi) is 12.0. The maximum Gasteiger partial charge on any atom is 0.408 e. The van der Waals surface area contributed by atoms with Gasteiger partial charge in [0.05, 0.1) is 11.8 Å². The Morgan fingerprint density at radius 2 is 1.84 bits per heavy atom. The first-order valence-electron chi connectivity index (χ1n) is 18.9. The third-order valence-electron chi connectivity index (χ3n) is 9.88. The summed E-state index contributed by atoms with van der Waals surface area (Å²) in [4.78, 5) is 75.2. The minimum Gasteiger partial charge on any atom is -0.472 e. The number of likely N-dealkylation sites (tertiary alicyclic amines) is 1. The summed E-state index contributed by atoms with van der Waals surface area (Å²) in [6.45, 7) is 12.4. The lowest BCUT2D eigenvalue weighted by atomic mass is 9.72. The maximum atomic E-state index is 14.6. The zero-order valence-electron chi connectivity index (χ0n) is 32.8. The summed E-state index contributed by atoms with van der Waals surface area (Å²) in [6.07, 6.45) is 2.07. The maximum absolute atomic E-state index is 14.6. The Hall–Kier alpha value is -5.09. The van der Waals surface area contributed by atoms with Crippen LogP contribution in [-0.2, 0) is 33.9 Å². The zero-order valence-corrected chi connectivity index (χ0v) is 34.4. The highest BCUT2D eigenvalue weighted by Crippen LogP contribution is 2.39. The number of carbonyl (C=O) groups excluding carboxylic acids is 5. The summed E-state index contributed by atoms with van der Waals surface area (Å²) >= 11 is 1.59. The van der Waals surface area contributed by atoms with Gasteiger partial charge < -0.3 is 25.0 Å². The van der Waals surface area contributed by atoms with Crippen molar-refractivity contribution >= 4 is 61.7 Å². The predicted octanol–water partition coefficient (Wildman–Crippen LogP) is 5.33. The molecular formula is C41H49N5O9S2. The van der Waals surface area contributed by atoms with Crippen molar-refractivity contribution in [2.45, 2.75) is 114 Å². The van der Waals surface area contributed by atoms with Crippen molar-refractivity contribution < 1.29 is 41.9 Å². The fourth-order valence-corrected chi connectivity index (χ4v) is 9.17. The molecule has 3 N–H and O–H groups in total. The predicted molar refractivity (Wildman–Crippen MR) is 216 cm³/mol. The second-order valence-corrected chi connectivity index (χ2v) is 19.2. The van der Waals surface area contributed by atoms with E-state index in [0.29, 0.717) is 18.4 Å². The minimum absolute atomic E-state index is 0.00710. The van der Waals surface area contributed by atoms with E-state index in [1.54, 1.807) is 52.2 Å². The van der Waals surface area contributed by atoms with E-state index >= 15 is 0 Å². The van der Waals surface area contributed by atoms with Crippen molar-refractivity contribution in [3.05, 3.63) is 71.8 Å². The molecule has 0 radical (unpaired) electrons. The van der Waals surface area contributed by atoms with E-state index < -0.39 is 68.4 Å². The molecule has 3 atom stereocenters. The molecule has 6 rings (SSSR count). The monoisotopic (exact) mass is 819 g/mol. The van der Waals surface area contributed by atoms with Crippen LogP contribution >= 0.6 is 11.3 Å². The highest BCUT2D eigenvalue weighted by atomic mass is 32.2. The average molecular weight is 820 g/mol. The van der Waals surface area contributed by atoms with Gasteiger partial charge in [-0.1, -0.05) is 35.9 Å². The van der Waals surface area contributed by atoms with E-state index in [-0.39, 0.29) is 50.3 Å². The normalized spacial score (nSPS) is 19.5. The van der Waals surface area contributed by atoms with Gasteiger partial charge in [0.2, 0.25) is 27.7 Å². The third-order valence-corrected chi connectivity index (χ3v) is 12.6. The Labute approximate surface area is 336 Å². The van der Waals surface area contributed by atoms with Crippen molar-refractivity contribution in [2.24, 2.45) is 0 Å². The molecule has 57 heavy (non-hydrogen) atoms. The molecule has 1 saturated heterocycles. The molecule has 3 aliphatic rings. The van der Waals surface area contributed by atoms with Crippen LogP contribution in [0.5, 0.6) is 5.88 Å². The van der Waals surface area contributed by atoms with Crippen LogP contribution in [0.2, 0.25) is 0 Å². The molecule has 2 saturated carbocycles. The van der Waals surface area contributed by atoms with Crippen LogP contribution in [0.4, 0.5) is 4.79 Å². The number of alkyl carbamates (subject to hydrolysis) is 1. The molecule has 3 aromatic rings. The van der Waals surface area contributed by atoms with Gasteiger partial charge >= 0.3 is 6.09 Å². The second-order valence-electron chi connectivity index (χ2n) is 16.3. The molecule has 4 amide bonds. The number of pyridine rings is 1. The number of hydrogen-bond donors (Lipinski definition) is 3. The van der Waals surface area contributed by atoms with Crippen molar-refractivity contribution in [3.8, 4) is 16.3 Å². The third kappa shape index (κ3) is 10.1. The number of allylic oxidation sites excluding steroid dienone is 2. The molecule has 0 spiro atoms. The lowest BCUT2D eigenvalue weighted by Gasteiger charge is -2.43. The van der Waals surface area contributed by atoms with Gasteiger partial charge in [0.1, 0.15) is 29.3 Å². The number of aromatic nitrogens is 1. The first kappa shape index (κ1) is 41.5. The average Bonchev–Trinajstić information content (AvgIpc) is 3.68. The SMILES string of the molecule is C=C1CC(NC(=O)[C@@H]2C[C@@H](Oc3nccc4ccc(-c5cccs5)cc34)CN2C(=O)[C@H](CCC(=O)C=C(C)C)NC(=O)OC(C)(C)C)(C(=O)NS(=O)(=O)C2CC2)C1. The number of benzene rings is 1. The highest BCUT2D eigenvalue weighted by Gasteiger charge is 2.53. The lowest BCUT2D eigenvalue weighted by molar-refractivity contribution is -0.142. The topological polar surface area (TPSA) is 190 Å². The first-order chi connectivity index (χ1) is 26.8. The van der Waals surface area contributed by atoms with Crippen molar-refractivity contribution in [3.63, 3.8) is 0 Å². The molecule has 16 heteroatoms. The molecule has 3 heterocycles. The number of ether oxygens (including phenoxy) is 2.